The lowest BCUT2D eigenvalue weighted by Crippen LogP contribution is -1.94. The van der Waals surface area contributed by atoms with E-state index in [0.717, 1.165) is 11.6 Å². The van der Waals surface area contributed by atoms with Crippen molar-refractivity contribution in [2.75, 3.05) is 0 Å². The number of hydrogen-bond acceptors (Lipinski definition) is 1. The molecule has 0 saturated heterocycles. The van der Waals surface area contributed by atoms with Gasteiger partial charge in [0.25, 0.3) is 0 Å². The van der Waals surface area contributed by atoms with Crippen molar-refractivity contribution < 1.29 is 13.5 Å². The summed E-state index contributed by atoms with van der Waals surface area (Å²) in [6, 6.07) is 18.3. The highest BCUT2D eigenvalue weighted by Crippen LogP contribution is 2.37. The minimum absolute atomic E-state index is 0.324. The first-order valence-electron chi connectivity index (χ1n) is 6.93. The number of hydrogen-bond donors (Lipinski definition) is 0. The lowest BCUT2D eigenvalue weighted by molar-refractivity contribution is 0.483. The van der Waals surface area contributed by atoms with Crippen LogP contribution in [-0.2, 0) is 0 Å². The van der Waals surface area contributed by atoms with Crippen LogP contribution in [0.25, 0.3) is 11.1 Å². The molecule has 0 fully saturated rings. The fourth-order valence-corrected chi connectivity index (χ4v) is 2.38. The van der Waals surface area contributed by atoms with Gasteiger partial charge in [0.2, 0.25) is 0 Å². The van der Waals surface area contributed by atoms with Crippen molar-refractivity contribution in [1.29, 1.82) is 0 Å². The van der Waals surface area contributed by atoms with E-state index in [1.165, 1.54) is 12.1 Å². The Hall–Kier alpha value is -2.68. The van der Waals surface area contributed by atoms with Gasteiger partial charge in [-0.05, 0) is 42.8 Å². The van der Waals surface area contributed by atoms with Crippen molar-refractivity contribution in [2.24, 2.45) is 0 Å². The van der Waals surface area contributed by atoms with Crippen molar-refractivity contribution >= 4 is 0 Å². The number of ether oxygens (including phenoxy) is 1. The van der Waals surface area contributed by atoms with Crippen LogP contribution in [0.5, 0.6) is 11.5 Å². The van der Waals surface area contributed by atoms with Crippen molar-refractivity contribution in [2.45, 2.75) is 6.92 Å². The van der Waals surface area contributed by atoms with E-state index in [4.69, 9.17) is 4.74 Å². The van der Waals surface area contributed by atoms with Gasteiger partial charge in [0.1, 0.15) is 23.1 Å². The van der Waals surface area contributed by atoms with Gasteiger partial charge in [0.05, 0.1) is 0 Å². The van der Waals surface area contributed by atoms with Crippen molar-refractivity contribution in [1.82, 2.24) is 0 Å². The van der Waals surface area contributed by atoms with Gasteiger partial charge in [-0.3, -0.25) is 0 Å². The molecule has 0 bridgehead atoms. The van der Waals surface area contributed by atoms with Gasteiger partial charge in [0, 0.05) is 17.2 Å². The van der Waals surface area contributed by atoms with Crippen LogP contribution in [0.3, 0.4) is 0 Å². The van der Waals surface area contributed by atoms with Crippen LogP contribution in [-0.4, -0.2) is 0 Å². The van der Waals surface area contributed by atoms with Crippen LogP contribution in [0.2, 0.25) is 0 Å². The first-order chi connectivity index (χ1) is 10.6. The molecule has 3 rings (SSSR count). The Labute approximate surface area is 127 Å². The Bertz CT molecular complexity index is 798. The second kappa shape index (κ2) is 5.98. The minimum Gasteiger partial charge on any atom is -0.457 e. The SMILES string of the molecule is Cc1cccc(Oc2ccccc2)c1-c1ccc(F)cc1F. The van der Waals surface area contributed by atoms with Gasteiger partial charge in [-0.1, -0.05) is 30.3 Å². The molecule has 0 spiro atoms. The van der Waals surface area contributed by atoms with E-state index in [1.807, 2.05) is 49.4 Å². The Kier molecular flexibility index (Phi) is 3.88. The average Bonchev–Trinajstić information content (AvgIpc) is 2.50. The fraction of sp³-hybridized carbons (Fsp3) is 0.0526. The molecule has 0 N–H and O–H groups in total. The summed E-state index contributed by atoms with van der Waals surface area (Å²) in [6.07, 6.45) is 0. The Morgan fingerprint density at radius 2 is 1.59 bits per heavy atom. The van der Waals surface area contributed by atoms with Crippen molar-refractivity contribution in [3.63, 3.8) is 0 Å². The Morgan fingerprint density at radius 1 is 0.818 bits per heavy atom. The van der Waals surface area contributed by atoms with Gasteiger partial charge in [-0.25, -0.2) is 8.78 Å². The third-order valence-corrected chi connectivity index (χ3v) is 3.41. The molecule has 1 nitrogen and oxygen atoms in total. The largest absolute Gasteiger partial charge is 0.457 e. The summed E-state index contributed by atoms with van der Waals surface area (Å²) in [7, 11) is 0. The predicted octanol–water partition coefficient (Wildman–Crippen LogP) is 5.73. The van der Waals surface area contributed by atoms with Crippen LogP contribution in [0.15, 0.2) is 66.7 Å². The maximum absolute atomic E-state index is 14.1. The fourth-order valence-electron chi connectivity index (χ4n) is 2.38. The van der Waals surface area contributed by atoms with Crippen LogP contribution >= 0.6 is 0 Å². The summed E-state index contributed by atoms with van der Waals surface area (Å²) in [4.78, 5) is 0. The maximum atomic E-state index is 14.1. The standard InChI is InChI=1S/C19H14F2O/c1-13-6-5-9-18(22-15-7-3-2-4-8-15)19(13)16-11-10-14(20)12-17(16)21/h2-12H,1H3. The zero-order valence-corrected chi connectivity index (χ0v) is 12.0. The smallest absolute Gasteiger partial charge is 0.135 e. The van der Waals surface area contributed by atoms with Gasteiger partial charge < -0.3 is 4.74 Å². The molecule has 22 heavy (non-hydrogen) atoms. The summed E-state index contributed by atoms with van der Waals surface area (Å²) in [5.74, 6) is 0.00107. The first kappa shape index (κ1) is 14.3. The molecule has 110 valence electrons. The maximum Gasteiger partial charge on any atom is 0.135 e. The molecule has 0 radical (unpaired) electrons. The minimum atomic E-state index is -0.604. The second-order valence-corrected chi connectivity index (χ2v) is 4.99. The normalized spacial score (nSPS) is 10.5. The summed E-state index contributed by atoms with van der Waals surface area (Å²) in [6.45, 7) is 1.87. The molecule has 0 aromatic heterocycles. The molecule has 0 aliphatic heterocycles. The molecule has 0 atom stereocenters. The van der Waals surface area contributed by atoms with E-state index < -0.39 is 11.6 Å². The summed E-state index contributed by atoms with van der Waals surface area (Å²) in [5.41, 5.74) is 1.81. The van der Waals surface area contributed by atoms with E-state index >= 15 is 0 Å². The van der Waals surface area contributed by atoms with Crippen LogP contribution < -0.4 is 4.74 Å². The molecule has 0 aliphatic carbocycles. The lowest BCUT2D eigenvalue weighted by atomic mass is 9.99. The molecule has 3 aromatic rings. The highest BCUT2D eigenvalue weighted by Gasteiger charge is 2.14. The number of rotatable bonds is 3. The zero-order valence-electron chi connectivity index (χ0n) is 12.0. The Morgan fingerprint density at radius 3 is 2.32 bits per heavy atom. The molecule has 3 heteroatoms. The van der Waals surface area contributed by atoms with Gasteiger partial charge in [0.15, 0.2) is 0 Å². The first-order valence-corrected chi connectivity index (χ1v) is 6.93. The molecule has 0 unspecified atom stereocenters. The topological polar surface area (TPSA) is 9.23 Å². The van der Waals surface area contributed by atoms with Crippen molar-refractivity contribution in [3.05, 3.63) is 83.9 Å². The Balaban J connectivity index is 2.11. The third kappa shape index (κ3) is 2.84. The molecule has 0 saturated carbocycles. The summed E-state index contributed by atoms with van der Waals surface area (Å²) in [5, 5.41) is 0. The van der Waals surface area contributed by atoms with Crippen LogP contribution in [0.1, 0.15) is 5.56 Å². The molecule has 0 aliphatic rings. The molecule has 0 amide bonds. The van der Waals surface area contributed by atoms with Crippen LogP contribution in [0, 0.1) is 18.6 Å². The van der Waals surface area contributed by atoms with Gasteiger partial charge in [-0.15, -0.1) is 0 Å². The highest BCUT2D eigenvalue weighted by atomic mass is 19.1. The molecular formula is C19H14F2O. The monoisotopic (exact) mass is 296 g/mol. The van der Waals surface area contributed by atoms with Gasteiger partial charge >= 0.3 is 0 Å². The number of benzene rings is 3. The molecule has 3 aromatic carbocycles. The number of halogens is 2. The van der Waals surface area contributed by atoms with E-state index in [1.54, 1.807) is 6.07 Å². The quantitative estimate of drug-likeness (QED) is 0.599. The lowest BCUT2D eigenvalue weighted by Gasteiger charge is -2.14. The van der Waals surface area contributed by atoms with Crippen LogP contribution in [0.4, 0.5) is 8.78 Å². The number of aryl methyl sites for hydroxylation is 1. The average molecular weight is 296 g/mol. The van der Waals surface area contributed by atoms with Gasteiger partial charge in [-0.2, -0.15) is 0 Å². The van der Waals surface area contributed by atoms with E-state index in [0.29, 0.717) is 22.6 Å². The second-order valence-electron chi connectivity index (χ2n) is 4.99. The predicted molar refractivity (Wildman–Crippen MR) is 83.0 cm³/mol. The van der Waals surface area contributed by atoms with E-state index in [9.17, 15) is 8.78 Å². The zero-order chi connectivity index (χ0) is 15.5. The van der Waals surface area contributed by atoms with E-state index in [-0.39, 0.29) is 0 Å². The molecule has 0 heterocycles. The third-order valence-electron chi connectivity index (χ3n) is 3.41. The summed E-state index contributed by atoms with van der Waals surface area (Å²) >= 11 is 0. The molecular weight excluding hydrogens is 282 g/mol. The van der Waals surface area contributed by atoms with E-state index in [2.05, 4.69) is 0 Å². The van der Waals surface area contributed by atoms with Crippen molar-refractivity contribution in [3.8, 4) is 22.6 Å². The number of para-hydroxylation sites is 1. The highest BCUT2D eigenvalue weighted by molar-refractivity contribution is 5.74. The summed E-state index contributed by atoms with van der Waals surface area (Å²) < 4.78 is 33.1.